The van der Waals surface area contributed by atoms with Gasteiger partial charge in [0.1, 0.15) is 11.4 Å². The second-order valence-electron chi connectivity index (χ2n) is 3.37. The number of rotatable bonds is 1. The van der Waals surface area contributed by atoms with Gasteiger partial charge in [0.25, 0.3) is 0 Å². The molecule has 2 aliphatic rings. The topological polar surface area (TPSA) is 83.6 Å². The van der Waals surface area contributed by atoms with Crippen LogP contribution >= 0.6 is 11.8 Å². The Morgan fingerprint density at radius 1 is 1.71 bits per heavy atom. The smallest absolute Gasteiger partial charge is 0.330 e. The van der Waals surface area contributed by atoms with Crippen molar-refractivity contribution in [3.63, 3.8) is 0 Å². The van der Waals surface area contributed by atoms with E-state index in [1.54, 1.807) is 0 Å². The van der Waals surface area contributed by atoms with Crippen LogP contribution in [0.15, 0.2) is 12.2 Å². The van der Waals surface area contributed by atoms with E-state index in [-0.39, 0.29) is 11.3 Å². The van der Waals surface area contributed by atoms with Gasteiger partial charge in [-0.1, -0.05) is 6.58 Å². The van der Waals surface area contributed by atoms with Crippen LogP contribution in [0.25, 0.3) is 0 Å². The maximum atomic E-state index is 11.3. The highest BCUT2D eigenvalue weighted by Gasteiger charge is 2.53. The highest BCUT2D eigenvalue weighted by atomic mass is 32.2. The van der Waals surface area contributed by atoms with Gasteiger partial charge in [-0.25, -0.2) is 4.79 Å². The maximum Gasteiger partial charge on any atom is 0.330 e. The number of nitrogens with two attached hydrogens (primary N) is 1. The molecule has 3 atom stereocenters. The molecule has 2 rings (SSSR count). The zero-order chi connectivity index (χ0) is 10.5. The number of hydrogen-bond donors (Lipinski definition) is 2. The number of fused-ring (bicyclic) bond motifs is 1. The number of carboxylic acids is 1. The van der Waals surface area contributed by atoms with Crippen molar-refractivity contribution < 1.29 is 14.7 Å². The molecule has 3 N–H and O–H groups in total. The second kappa shape index (κ2) is 2.99. The predicted octanol–water partition coefficient (Wildman–Crippen LogP) is -0.762. The van der Waals surface area contributed by atoms with Crippen molar-refractivity contribution in [1.82, 2.24) is 4.90 Å². The molecule has 0 aromatic heterocycles. The van der Waals surface area contributed by atoms with E-state index in [0.29, 0.717) is 11.3 Å². The van der Waals surface area contributed by atoms with Crippen molar-refractivity contribution in [1.29, 1.82) is 0 Å². The Morgan fingerprint density at radius 3 is 2.93 bits per heavy atom. The second-order valence-corrected chi connectivity index (χ2v) is 4.48. The van der Waals surface area contributed by atoms with E-state index >= 15 is 0 Å². The molecule has 6 heteroatoms. The summed E-state index contributed by atoms with van der Waals surface area (Å²) in [6.45, 7) is 3.66. The summed E-state index contributed by atoms with van der Waals surface area (Å²) in [6.07, 6.45) is 0. The molecule has 0 aliphatic carbocycles. The van der Waals surface area contributed by atoms with Gasteiger partial charge in [-0.3, -0.25) is 4.79 Å². The highest BCUT2D eigenvalue weighted by molar-refractivity contribution is 8.00. The van der Waals surface area contributed by atoms with Gasteiger partial charge in [0.2, 0.25) is 5.91 Å². The minimum Gasteiger partial charge on any atom is -0.479 e. The third kappa shape index (κ3) is 1.07. The third-order valence-electron chi connectivity index (χ3n) is 2.46. The lowest BCUT2D eigenvalue weighted by atomic mass is 9.99. The van der Waals surface area contributed by atoms with E-state index in [2.05, 4.69) is 6.58 Å². The molecule has 0 aromatic rings. The first-order chi connectivity index (χ1) is 6.54. The van der Waals surface area contributed by atoms with Gasteiger partial charge in [0.05, 0.1) is 0 Å². The van der Waals surface area contributed by atoms with Crippen molar-refractivity contribution in [2.24, 2.45) is 5.73 Å². The summed E-state index contributed by atoms with van der Waals surface area (Å²) in [5.74, 6) is -0.768. The van der Waals surface area contributed by atoms with Gasteiger partial charge in [-0.05, 0) is 5.57 Å². The number of amides is 1. The summed E-state index contributed by atoms with van der Waals surface area (Å²) < 4.78 is 0. The molecule has 2 fully saturated rings. The number of carboxylic acid groups (broad SMARTS) is 1. The zero-order valence-corrected chi connectivity index (χ0v) is 8.16. The Labute approximate surface area is 84.9 Å². The molecule has 0 spiro atoms. The Balaban J connectivity index is 2.26. The van der Waals surface area contributed by atoms with Crippen molar-refractivity contribution in [2.75, 3.05) is 5.75 Å². The molecule has 2 saturated heterocycles. The van der Waals surface area contributed by atoms with E-state index in [0.717, 1.165) is 0 Å². The quantitative estimate of drug-likeness (QED) is 0.442. The van der Waals surface area contributed by atoms with Crippen LogP contribution in [0.5, 0.6) is 0 Å². The molecule has 14 heavy (non-hydrogen) atoms. The first kappa shape index (κ1) is 9.54. The summed E-state index contributed by atoms with van der Waals surface area (Å²) in [5.41, 5.74) is 6.10. The Kier molecular flexibility index (Phi) is 2.04. The number of carbonyl (C=O) groups is 2. The fourth-order valence-electron chi connectivity index (χ4n) is 1.73. The number of nitrogens with zero attached hydrogens (tertiary/aromatic N) is 1. The average Bonchev–Trinajstić information content (AvgIpc) is 2.15. The summed E-state index contributed by atoms with van der Waals surface area (Å²) in [5, 5.41) is 8.74. The summed E-state index contributed by atoms with van der Waals surface area (Å²) >= 11 is 1.47. The van der Waals surface area contributed by atoms with Gasteiger partial charge < -0.3 is 15.7 Å². The van der Waals surface area contributed by atoms with Crippen LogP contribution < -0.4 is 5.73 Å². The van der Waals surface area contributed by atoms with Crippen molar-refractivity contribution in [3.8, 4) is 0 Å². The van der Waals surface area contributed by atoms with Crippen LogP contribution in [-0.4, -0.2) is 45.1 Å². The van der Waals surface area contributed by atoms with Gasteiger partial charge in [-0.2, -0.15) is 0 Å². The first-order valence-electron chi connectivity index (χ1n) is 4.14. The highest BCUT2D eigenvalue weighted by Crippen LogP contribution is 2.38. The summed E-state index contributed by atoms with van der Waals surface area (Å²) in [6, 6.07) is -1.43. The summed E-state index contributed by atoms with van der Waals surface area (Å²) in [4.78, 5) is 23.6. The average molecular weight is 214 g/mol. The van der Waals surface area contributed by atoms with Crippen LogP contribution in [0.3, 0.4) is 0 Å². The van der Waals surface area contributed by atoms with Crippen molar-refractivity contribution in [3.05, 3.63) is 12.2 Å². The molecule has 5 nitrogen and oxygen atoms in total. The van der Waals surface area contributed by atoms with Crippen LogP contribution in [-0.2, 0) is 9.59 Å². The van der Waals surface area contributed by atoms with Gasteiger partial charge >= 0.3 is 5.97 Å². The Hall–Kier alpha value is -1.01. The normalized spacial score (nSPS) is 36.4. The lowest BCUT2D eigenvalue weighted by molar-refractivity contribution is -0.158. The molecular weight excluding hydrogens is 204 g/mol. The number of aliphatic carboxylic acids is 1. The number of carbonyl (C=O) groups excluding carboxylic acids is 1. The lowest BCUT2D eigenvalue weighted by Gasteiger charge is -2.51. The van der Waals surface area contributed by atoms with E-state index in [9.17, 15) is 9.59 Å². The molecule has 0 aromatic carbocycles. The van der Waals surface area contributed by atoms with Crippen LogP contribution in [0.4, 0.5) is 0 Å². The third-order valence-corrected chi connectivity index (χ3v) is 3.86. The SMILES string of the molecule is C=C1CS[C@H]2[C@H](N)C(=O)N2C1C(=O)O. The van der Waals surface area contributed by atoms with E-state index in [4.69, 9.17) is 10.8 Å². The largest absolute Gasteiger partial charge is 0.479 e. The Bertz CT molecular complexity index is 331. The minimum absolute atomic E-state index is 0.186. The molecule has 0 saturated carbocycles. The molecule has 2 aliphatic heterocycles. The predicted molar refractivity (Wildman–Crippen MR) is 51.6 cm³/mol. The fraction of sp³-hybridized carbons (Fsp3) is 0.500. The van der Waals surface area contributed by atoms with E-state index in [1.165, 1.54) is 16.7 Å². The molecule has 1 amide bonds. The van der Waals surface area contributed by atoms with E-state index < -0.39 is 18.1 Å². The maximum absolute atomic E-state index is 11.3. The minimum atomic E-state index is -1.03. The first-order valence-corrected chi connectivity index (χ1v) is 5.18. The molecule has 76 valence electrons. The monoisotopic (exact) mass is 214 g/mol. The van der Waals surface area contributed by atoms with E-state index in [1.807, 2.05) is 0 Å². The standard InChI is InChI=1S/C8H10N2O3S/c1-3-2-14-7-4(9)6(11)10(7)5(3)8(12)13/h4-5,7H,1-2,9H2,(H,12,13)/t4-,5?,7+/m1/s1. The molecular formula is C8H10N2O3S. The van der Waals surface area contributed by atoms with Gasteiger partial charge in [0, 0.05) is 5.75 Å². The van der Waals surface area contributed by atoms with Gasteiger partial charge in [-0.15, -0.1) is 11.8 Å². The molecule has 0 bridgehead atoms. The van der Waals surface area contributed by atoms with Crippen molar-refractivity contribution in [2.45, 2.75) is 17.5 Å². The Morgan fingerprint density at radius 2 is 2.36 bits per heavy atom. The van der Waals surface area contributed by atoms with Crippen molar-refractivity contribution >= 4 is 23.6 Å². The van der Waals surface area contributed by atoms with Crippen LogP contribution in [0, 0.1) is 0 Å². The zero-order valence-electron chi connectivity index (χ0n) is 7.34. The molecule has 0 radical (unpaired) electrons. The number of thioether (sulfide) groups is 1. The van der Waals surface area contributed by atoms with Crippen LogP contribution in [0.2, 0.25) is 0 Å². The molecule has 2 heterocycles. The van der Waals surface area contributed by atoms with Crippen LogP contribution in [0.1, 0.15) is 0 Å². The fourth-order valence-corrected chi connectivity index (χ4v) is 2.98. The number of hydrogen-bond acceptors (Lipinski definition) is 4. The lowest BCUT2D eigenvalue weighted by Crippen LogP contribution is -2.73. The van der Waals surface area contributed by atoms with Gasteiger partial charge in [0.15, 0.2) is 6.04 Å². The summed E-state index contributed by atoms with van der Waals surface area (Å²) in [7, 11) is 0. The number of β-lactam (4-membered cyclic amide) rings is 1. The molecule has 1 unspecified atom stereocenters.